The zero-order valence-electron chi connectivity index (χ0n) is 15.8. The molecule has 1 aliphatic rings. The van der Waals surface area contributed by atoms with Gasteiger partial charge in [0.05, 0.1) is 21.8 Å². The third-order valence-corrected chi connectivity index (χ3v) is 6.03. The summed E-state index contributed by atoms with van der Waals surface area (Å²) in [6.07, 6.45) is 0. The number of rotatable bonds is 4. The second-order valence-electron chi connectivity index (χ2n) is 7.18. The fourth-order valence-electron chi connectivity index (χ4n) is 3.50. The largest absolute Gasteiger partial charge is 0.503 e. The predicted molar refractivity (Wildman–Crippen MR) is 111 cm³/mol. The average molecular weight is 392 g/mol. The molecule has 1 atom stereocenters. The molecule has 0 saturated carbocycles. The van der Waals surface area contributed by atoms with Gasteiger partial charge in [0.25, 0.3) is 5.91 Å². The number of anilines is 1. The first-order chi connectivity index (χ1) is 13.4. The van der Waals surface area contributed by atoms with E-state index < -0.39 is 17.7 Å². The predicted octanol–water partition coefficient (Wildman–Crippen LogP) is 4.91. The highest BCUT2D eigenvalue weighted by Gasteiger charge is 2.44. The Morgan fingerprint density at radius 1 is 1.14 bits per heavy atom. The summed E-state index contributed by atoms with van der Waals surface area (Å²) in [4.78, 5) is 31.2. The van der Waals surface area contributed by atoms with Gasteiger partial charge in [-0.1, -0.05) is 61.6 Å². The Hall–Kier alpha value is -2.99. The highest BCUT2D eigenvalue weighted by Crippen LogP contribution is 2.43. The Bertz CT molecular complexity index is 1080. The number of fused-ring (bicyclic) bond motifs is 1. The number of thiazole rings is 1. The number of para-hydroxylation sites is 1. The lowest BCUT2D eigenvalue weighted by Crippen LogP contribution is -2.30. The molecule has 0 unspecified atom stereocenters. The molecule has 0 spiro atoms. The molecule has 1 aliphatic heterocycles. The Morgan fingerprint density at radius 3 is 2.43 bits per heavy atom. The number of nitrogens with zero attached hydrogens (tertiary/aromatic N) is 2. The molecule has 1 aromatic heterocycles. The third-order valence-electron chi connectivity index (χ3n) is 4.99. The maximum absolute atomic E-state index is 12.9. The molecule has 28 heavy (non-hydrogen) atoms. The lowest BCUT2D eigenvalue weighted by Gasteiger charge is -2.24. The first-order valence-electron chi connectivity index (χ1n) is 9.11. The van der Waals surface area contributed by atoms with E-state index in [9.17, 15) is 14.7 Å². The van der Waals surface area contributed by atoms with E-state index in [0.717, 1.165) is 21.3 Å². The van der Waals surface area contributed by atoms with Crippen LogP contribution in [0.3, 0.4) is 0 Å². The monoisotopic (exact) mass is 392 g/mol. The van der Waals surface area contributed by atoms with Crippen molar-refractivity contribution in [3.05, 3.63) is 71.0 Å². The number of aromatic nitrogens is 1. The van der Waals surface area contributed by atoms with Gasteiger partial charge in [0.15, 0.2) is 16.7 Å². The van der Waals surface area contributed by atoms with Crippen LogP contribution < -0.4 is 4.90 Å². The normalized spacial score (nSPS) is 17.2. The van der Waals surface area contributed by atoms with Crippen molar-refractivity contribution in [1.29, 1.82) is 0 Å². The highest BCUT2D eigenvalue weighted by molar-refractivity contribution is 7.22. The first kappa shape index (κ1) is 18.4. The summed E-state index contributed by atoms with van der Waals surface area (Å²) in [7, 11) is 0. The van der Waals surface area contributed by atoms with Crippen LogP contribution in [0.25, 0.3) is 10.2 Å². The number of aliphatic hydroxyl groups is 1. The molecule has 142 valence electrons. The Kier molecular flexibility index (Phi) is 4.51. The van der Waals surface area contributed by atoms with Gasteiger partial charge in [-0.3, -0.25) is 14.5 Å². The van der Waals surface area contributed by atoms with Crippen LogP contribution in [0, 0.1) is 0 Å². The topological polar surface area (TPSA) is 70.5 Å². The van der Waals surface area contributed by atoms with Gasteiger partial charge >= 0.3 is 0 Å². The quantitative estimate of drug-likeness (QED) is 0.685. The number of carbonyl (C=O) groups is 2. The van der Waals surface area contributed by atoms with Gasteiger partial charge in [0.2, 0.25) is 0 Å². The molecule has 0 bridgehead atoms. The summed E-state index contributed by atoms with van der Waals surface area (Å²) in [5.74, 6) is -1.05. The minimum atomic E-state index is -0.688. The van der Waals surface area contributed by atoms with E-state index in [-0.39, 0.29) is 11.4 Å². The van der Waals surface area contributed by atoms with Crippen molar-refractivity contribution in [3.8, 4) is 0 Å². The van der Waals surface area contributed by atoms with E-state index in [4.69, 9.17) is 0 Å². The maximum atomic E-state index is 12.9. The minimum absolute atomic E-state index is 0.113. The van der Waals surface area contributed by atoms with Crippen molar-refractivity contribution >= 4 is 38.4 Å². The zero-order valence-corrected chi connectivity index (χ0v) is 16.7. The maximum Gasteiger partial charge on any atom is 0.296 e. The van der Waals surface area contributed by atoms with Crippen LogP contribution in [0.4, 0.5) is 5.13 Å². The second-order valence-corrected chi connectivity index (χ2v) is 8.19. The van der Waals surface area contributed by atoms with E-state index in [1.807, 2.05) is 48.5 Å². The van der Waals surface area contributed by atoms with E-state index in [1.165, 1.54) is 23.2 Å². The number of hydrogen-bond donors (Lipinski definition) is 1. The van der Waals surface area contributed by atoms with Crippen LogP contribution in [-0.2, 0) is 9.59 Å². The third kappa shape index (κ3) is 2.90. The SMILES string of the molecule is CC(=O)C1=C(O)C(=O)N(c2nc3ccccc3s2)[C@@H]1c1ccc(C(C)C)cc1. The fraction of sp³-hybridized carbons (Fsp3) is 0.227. The van der Waals surface area contributed by atoms with Gasteiger partial charge in [-0.2, -0.15) is 0 Å². The number of hydrogen-bond acceptors (Lipinski definition) is 5. The number of carbonyl (C=O) groups excluding carboxylic acids is 2. The number of Topliss-reactive ketones (excluding diaryl/α,β-unsaturated/α-hetero) is 1. The fourth-order valence-corrected chi connectivity index (χ4v) is 4.50. The summed E-state index contributed by atoms with van der Waals surface area (Å²) < 4.78 is 0.940. The van der Waals surface area contributed by atoms with E-state index in [2.05, 4.69) is 18.8 Å². The van der Waals surface area contributed by atoms with Gasteiger partial charge in [-0.15, -0.1) is 0 Å². The second kappa shape index (κ2) is 6.87. The Labute approximate surface area is 166 Å². The number of aliphatic hydroxyl groups excluding tert-OH is 1. The number of benzene rings is 2. The number of amides is 1. The summed E-state index contributed by atoms with van der Waals surface area (Å²) in [5.41, 5.74) is 2.82. The van der Waals surface area contributed by atoms with Gasteiger partial charge < -0.3 is 5.11 Å². The Morgan fingerprint density at radius 2 is 1.82 bits per heavy atom. The van der Waals surface area contributed by atoms with Crippen molar-refractivity contribution in [2.75, 3.05) is 4.90 Å². The first-order valence-corrected chi connectivity index (χ1v) is 9.93. The summed E-state index contributed by atoms with van der Waals surface area (Å²) in [6, 6.07) is 14.7. The molecule has 2 heterocycles. The highest BCUT2D eigenvalue weighted by atomic mass is 32.1. The summed E-state index contributed by atoms with van der Waals surface area (Å²) in [6.45, 7) is 5.58. The van der Waals surface area contributed by atoms with Crippen LogP contribution in [0.5, 0.6) is 0 Å². The molecule has 0 aliphatic carbocycles. The Balaban J connectivity index is 1.86. The van der Waals surface area contributed by atoms with Gasteiger partial charge in [-0.25, -0.2) is 4.98 Å². The molecule has 6 heteroatoms. The molecular weight excluding hydrogens is 372 g/mol. The zero-order chi connectivity index (χ0) is 20.0. The van der Waals surface area contributed by atoms with E-state index in [1.54, 1.807) is 0 Å². The lowest BCUT2D eigenvalue weighted by molar-refractivity contribution is -0.117. The minimum Gasteiger partial charge on any atom is -0.503 e. The van der Waals surface area contributed by atoms with Gasteiger partial charge in [-0.05, 0) is 36.1 Å². The van der Waals surface area contributed by atoms with Crippen molar-refractivity contribution < 1.29 is 14.7 Å². The van der Waals surface area contributed by atoms with E-state index >= 15 is 0 Å². The summed E-state index contributed by atoms with van der Waals surface area (Å²) >= 11 is 1.37. The van der Waals surface area contributed by atoms with E-state index in [0.29, 0.717) is 11.0 Å². The molecule has 3 aromatic rings. The molecule has 4 rings (SSSR count). The molecule has 1 amide bonds. The molecule has 0 saturated heterocycles. The van der Waals surface area contributed by atoms with Crippen molar-refractivity contribution in [2.45, 2.75) is 32.7 Å². The molecule has 0 fully saturated rings. The molecule has 5 nitrogen and oxygen atoms in total. The molecule has 1 N–H and O–H groups in total. The van der Waals surface area contributed by atoms with Crippen molar-refractivity contribution in [1.82, 2.24) is 4.98 Å². The molecular formula is C22H20N2O3S. The standard InChI is InChI=1S/C22H20N2O3S/c1-12(2)14-8-10-15(11-9-14)19-18(13(3)25)20(26)21(27)24(19)22-23-16-6-4-5-7-17(16)28-22/h4-12,19,26H,1-3H3/t19-/m1/s1. The average Bonchev–Trinajstić information content (AvgIpc) is 3.20. The van der Waals surface area contributed by atoms with Crippen LogP contribution in [-0.4, -0.2) is 21.8 Å². The van der Waals surface area contributed by atoms with Crippen LogP contribution in [0.1, 0.15) is 43.9 Å². The van der Waals surface area contributed by atoms with Crippen LogP contribution in [0.2, 0.25) is 0 Å². The van der Waals surface area contributed by atoms with Crippen LogP contribution >= 0.6 is 11.3 Å². The van der Waals surface area contributed by atoms with Crippen molar-refractivity contribution in [2.24, 2.45) is 0 Å². The lowest BCUT2D eigenvalue weighted by atomic mass is 9.94. The summed E-state index contributed by atoms with van der Waals surface area (Å²) in [5, 5.41) is 10.9. The smallest absolute Gasteiger partial charge is 0.296 e. The van der Waals surface area contributed by atoms with Gasteiger partial charge in [0, 0.05) is 0 Å². The number of ketones is 1. The molecule has 2 aromatic carbocycles. The molecule has 0 radical (unpaired) electrons. The van der Waals surface area contributed by atoms with Gasteiger partial charge in [0.1, 0.15) is 0 Å². The van der Waals surface area contributed by atoms with Crippen LogP contribution in [0.15, 0.2) is 59.9 Å². The van der Waals surface area contributed by atoms with Crippen molar-refractivity contribution in [3.63, 3.8) is 0 Å².